The summed E-state index contributed by atoms with van der Waals surface area (Å²) in [6.07, 6.45) is 2.36. The molecule has 0 bridgehead atoms. The molecule has 0 saturated carbocycles. The highest BCUT2D eigenvalue weighted by atomic mass is 35.5. The highest BCUT2D eigenvalue weighted by Gasteiger charge is 2.25. The van der Waals surface area contributed by atoms with E-state index in [4.69, 9.17) is 35.4 Å². The maximum absolute atomic E-state index is 6.28. The van der Waals surface area contributed by atoms with Gasteiger partial charge in [-0.1, -0.05) is 35.3 Å². The predicted octanol–water partition coefficient (Wildman–Crippen LogP) is 4.20. The van der Waals surface area contributed by atoms with Crippen LogP contribution in [0.3, 0.4) is 0 Å². The Morgan fingerprint density at radius 3 is 2.52 bits per heavy atom. The van der Waals surface area contributed by atoms with Crippen LogP contribution in [-0.4, -0.2) is 15.8 Å². The van der Waals surface area contributed by atoms with Crippen molar-refractivity contribution in [1.82, 2.24) is 10.3 Å². The topological polar surface area (TPSA) is 37.3 Å². The number of nitrogens with zero attached hydrogens (tertiary/aromatic N) is 2. The molecule has 1 aliphatic rings. The fourth-order valence-electron chi connectivity index (χ4n) is 2.31. The van der Waals surface area contributed by atoms with Crippen molar-refractivity contribution < 1.29 is 0 Å². The molecular formula is C15H11Cl2N3S. The molecule has 1 N–H and O–H groups in total. The van der Waals surface area contributed by atoms with Crippen molar-refractivity contribution in [3.8, 4) is 0 Å². The van der Waals surface area contributed by atoms with Crippen molar-refractivity contribution in [2.75, 3.05) is 0 Å². The summed E-state index contributed by atoms with van der Waals surface area (Å²) in [6.45, 7) is 0. The molecule has 0 radical (unpaired) electrons. The van der Waals surface area contributed by atoms with E-state index in [1.807, 2.05) is 36.4 Å². The lowest BCUT2D eigenvalue weighted by molar-refractivity contribution is 0.664. The summed E-state index contributed by atoms with van der Waals surface area (Å²) in [6, 6.07) is 11.1. The van der Waals surface area contributed by atoms with Crippen LogP contribution in [0.2, 0.25) is 10.0 Å². The highest BCUT2D eigenvalue weighted by molar-refractivity contribution is 7.80. The van der Waals surface area contributed by atoms with Gasteiger partial charge in [0.25, 0.3) is 0 Å². The molecule has 3 rings (SSSR count). The smallest absolute Gasteiger partial charge is 0.193 e. The van der Waals surface area contributed by atoms with Gasteiger partial charge in [-0.2, -0.15) is 0 Å². The first-order valence-electron chi connectivity index (χ1n) is 6.38. The lowest BCUT2D eigenvalue weighted by Crippen LogP contribution is -2.34. The second kappa shape index (κ2) is 6.10. The first-order chi connectivity index (χ1) is 10.1. The van der Waals surface area contributed by atoms with Gasteiger partial charge in [0.05, 0.1) is 17.4 Å². The Morgan fingerprint density at radius 2 is 1.86 bits per heavy atom. The van der Waals surface area contributed by atoms with E-state index in [2.05, 4.69) is 15.3 Å². The third kappa shape index (κ3) is 3.07. The van der Waals surface area contributed by atoms with Gasteiger partial charge in [-0.3, -0.25) is 4.98 Å². The maximum Gasteiger partial charge on any atom is 0.193 e. The van der Waals surface area contributed by atoms with Gasteiger partial charge < -0.3 is 5.32 Å². The quantitative estimate of drug-likeness (QED) is 0.836. The largest absolute Gasteiger partial charge is 0.354 e. The molecule has 0 aliphatic carbocycles. The van der Waals surface area contributed by atoms with E-state index >= 15 is 0 Å². The van der Waals surface area contributed by atoms with Gasteiger partial charge in [0.2, 0.25) is 0 Å². The Hall–Kier alpha value is -1.49. The Kier molecular flexibility index (Phi) is 4.19. The Labute approximate surface area is 138 Å². The number of benzene rings is 1. The van der Waals surface area contributed by atoms with Crippen molar-refractivity contribution in [3.63, 3.8) is 0 Å². The van der Waals surface area contributed by atoms with Gasteiger partial charge in [-0.15, -0.1) is 0 Å². The summed E-state index contributed by atoms with van der Waals surface area (Å²) in [5.74, 6) is 0. The van der Waals surface area contributed by atoms with Crippen LogP contribution in [0.1, 0.15) is 23.7 Å². The van der Waals surface area contributed by atoms with E-state index < -0.39 is 0 Å². The number of pyridine rings is 1. The van der Waals surface area contributed by atoms with E-state index in [0.717, 1.165) is 17.0 Å². The second-order valence-corrected chi connectivity index (χ2v) is 5.82. The lowest BCUT2D eigenvalue weighted by Gasteiger charge is -2.26. The number of rotatable bonds is 2. The van der Waals surface area contributed by atoms with E-state index in [1.54, 1.807) is 6.20 Å². The monoisotopic (exact) mass is 335 g/mol. The van der Waals surface area contributed by atoms with Gasteiger partial charge in [0, 0.05) is 28.2 Å². The standard InChI is InChI=1S/C15H11Cl2N3S/c16-9-4-3-5-10(17)14(9)13-8-12(19-15(21)20-13)11-6-1-2-7-18-11/h1-7,13H,8H2,(H,20,21). The number of halogens is 2. The first kappa shape index (κ1) is 14.4. The fraction of sp³-hybridized carbons (Fsp3) is 0.133. The average molecular weight is 336 g/mol. The molecule has 2 heterocycles. The molecule has 1 atom stereocenters. The van der Waals surface area contributed by atoms with Crippen molar-refractivity contribution >= 4 is 46.2 Å². The van der Waals surface area contributed by atoms with Crippen molar-refractivity contribution in [1.29, 1.82) is 0 Å². The zero-order chi connectivity index (χ0) is 14.8. The van der Waals surface area contributed by atoms with E-state index in [0.29, 0.717) is 21.6 Å². The minimum Gasteiger partial charge on any atom is -0.354 e. The third-order valence-corrected chi connectivity index (χ3v) is 4.11. The number of thiocarbonyl (C=S) groups is 1. The molecule has 1 unspecified atom stereocenters. The minimum atomic E-state index is -0.104. The molecule has 2 aromatic rings. The second-order valence-electron chi connectivity index (χ2n) is 4.62. The first-order valence-corrected chi connectivity index (χ1v) is 7.55. The molecule has 3 nitrogen and oxygen atoms in total. The number of nitrogens with one attached hydrogen (secondary N) is 1. The van der Waals surface area contributed by atoms with Crippen LogP contribution in [0.15, 0.2) is 47.6 Å². The highest BCUT2D eigenvalue weighted by Crippen LogP contribution is 2.34. The van der Waals surface area contributed by atoms with Gasteiger partial charge in [-0.05, 0) is 36.5 Å². The molecule has 1 aromatic heterocycles. The maximum atomic E-state index is 6.28. The van der Waals surface area contributed by atoms with Gasteiger partial charge in [0.1, 0.15) is 0 Å². The molecule has 1 aliphatic heterocycles. The number of hydrogen-bond acceptors (Lipinski definition) is 2. The Morgan fingerprint density at radius 1 is 1.10 bits per heavy atom. The summed E-state index contributed by atoms with van der Waals surface area (Å²) >= 11 is 17.8. The van der Waals surface area contributed by atoms with Gasteiger partial charge in [-0.25, -0.2) is 4.99 Å². The fourth-order valence-corrected chi connectivity index (χ4v) is 3.22. The summed E-state index contributed by atoms with van der Waals surface area (Å²) in [5, 5.41) is 4.81. The molecule has 0 saturated heterocycles. The minimum absolute atomic E-state index is 0.104. The summed E-state index contributed by atoms with van der Waals surface area (Å²) in [4.78, 5) is 8.70. The van der Waals surface area contributed by atoms with Crippen molar-refractivity contribution in [3.05, 3.63) is 63.9 Å². The van der Waals surface area contributed by atoms with Crippen LogP contribution in [0.5, 0.6) is 0 Å². The average Bonchev–Trinajstić information content (AvgIpc) is 2.47. The molecule has 0 fully saturated rings. The summed E-state index contributed by atoms with van der Waals surface area (Å²) in [5.41, 5.74) is 2.49. The molecule has 0 spiro atoms. The van der Waals surface area contributed by atoms with Crippen LogP contribution in [0.4, 0.5) is 0 Å². The van der Waals surface area contributed by atoms with Crippen LogP contribution in [0.25, 0.3) is 0 Å². The van der Waals surface area contributed by atoms with Gasteiger partial charge >= 0.3 is 0 Å². The van der Waals surface area contributed by atoms with Crippen LogP contribution in [-0.2, 0) is 0 Å². The zero-order valence-electron chi connectivity index (χ0n) is 10.9. The normalized spacial score (nSPS) is 18.1. The van der Waals surface area contributed by atoms with Crippen LogP contribution >= 0.6 is 35.4 Å². The van der Waals surface area contributed by atoms with Crippen LogP contribution < -0.4 is 5.32 Å². The van der Waals surface area contributed by atoms with E-state index in [1.165, 1.54) is 0 Å². The van der Waals surface area contributed by atoms with E-state index in [-0.39, 0.29) is 6.04 Å². The Bertz CT molecular complexity index is 696. The molecule has 106 valence electrons. The SMILES string of the molecule is S=C1N=C(c2ccccn2)CC(c2c(Cl)cccc2Cl)N1. The van der Waals surface area contributed by atoms with Crippen LogP contribution in [0, 0.1) is 0 Å². The number of hydrogen-bond donors (Lipinski definition) is 1. The summed E-state index contributed by atoms with van der Waals surface area (Å²) < 4.78 is 0. The predicted molar refractivity (Wildman–Crippen MR) is 90.3 cm³/mol. The molecule has 1 aromatic carbocycles. The van der Waals surface area contributed by atoms with E-state index in [9.17, 15) is 0 Å². The van der Waals surface area contributed by atoms with Crippen molar-refractivity contribution in [2.45, 2.75) is 12.5 Å². The summed E-state index contributed by atoms with van der Waals surface area (Å²) in [7, 11) is 0. The number of aromatic nitrogens is 1. The lowest BCUT2D eigenvalue weighted by atomic mass is 9.98. The van der Waals surface area contributed by atoms with Gasteiger partial charge in [0.15, 0.2) is 5.11 Å². The molecule has 21 heavy (non-hydrogen) atoms. The Balaban J connectivity index is 1.97. The molecular weight excluding hydrogens is 325 g/mol. The van der Waals surface area contributed by atoms with Crippen molar-refractivity contribution in [2.24, 2.45) is 4.99 Å². The molecule has 6 heteroatoms. The third-order valence-electron chi connectivity index (χ3n) is 3.24. The number of aliphatic imine (C=N–C) groups is 1. The molecule has 0 amide bonds. The zero-order valence-corrected chi connectivity index (χ0v) is 13.2.